The summed E-state index contributed by atoms with van der Waals surface area (Å²) in [5, 5.41) is 10.7. The van der Waals surface area contributed by atoms with E-state index in [0.717, 1.165) is 31.2 Å². The van der Waals surface area contributed by atoms with Gasteiger partial charge in [0.05, 0.1) is 21.5 Å². The maximum Gasteiger partial charge on any atom is 0.343 e. The second kappa shape index (κ2) is 13.3. The van der Waals surface area contributed by atoms with Crippen LogP contribution in [0.5, 0.6) is 11.5 Å². The number of carbonyl (C=O) groups excluding carboxylic acids is 2. The van der Waals surface area contributed by atoms with Crippen LogP contribution >= 0.6 is 0 Å². The van der Waals surface area contributed by atoms with Crippen molar-refractivity contribution in [3.63, 3.8) is 0 Å². The summed E-state index contributed by atoms with van der Waals surface area (Å²) in [6, 6.07) is 9.59. The number of aryl methyl sites for hydroxylation is 1. The molecule has 0 amide bonds. The third-order valence-electron chi connectivity index (χ3n) is 5.86. The van der Waals surface area contributed by atoms with Gasteiger partial charge in [0, 0.05) is 19.8 Å². The standard InChI is InChI=1S/C28H36O7/c1-3-4-5-6-19-32-24-13-9-23(10-14-24)27(30)35-25-11-7-22(8-12-25)15-17-28(31)18-16-26(20-33-28)34-21(2)29/h7-14,26,31H,3-6,15-20H2,1-2H3/t26-,28-/m0/s1/i13D,14D. The van der Waals surface area contributed by atoms with Gasteiger partial charge in [0.1, 0.15) is 17.6 Å². The Hall–Kier alpha value is -2.90. The van der Waals surface area contributed by atoms with Crippen molar-refractivity contribution >= 4 is 11.9 Å². The van der Waals surface area contributed by atoms with Gasteiger partial charge in [0.2, 0.25) is 0 Å². The summed E-state index contributed by atoms with van der Waals surface area (Å²) >= 11 is 0. The van der Waals surface area contributed by atoms with Crippen molar-refractivity contribution in [2.24, 2.45) is 0 Å². The first-order valence-electron chi connectivity index (χ1n) is 13.3. The SMILES string of the molecule is [2H]c1cc(C(=O)Oc2ccc(CC[C@@]3(O)CC[C@H](OC(C)=O)CO3)cc2)cc([2H])c1OCCCCCC. The summed E-state index contributed by atoms with van der Waals surface area (Å²) in [6.07, 6.45) is 5.64. The van der Waals surface area contributed by atoms with Crippen molar-refractivity contribution in [2.45, 2.75) is 77.1 Å². The van der Waals surface area contributed by atoms with E-state index in [1.807, 2.05) is 0 Å². The number of hydrogen-bond acceptors (Lipinski definition) is 7. The Bertz CT molecular complexity index is 1020. The first-order chi connectivity index (χ1) is 17.7. The van der Waals surface area contributed by atoms with E-state index in [2.05, 4.69) is 6.92 Å². The number of rotatable bonds is 12. The summed E-state index contributed by atoms with van der Waals surface area (Å²) in [4.78, 5) is 23.7. The molecule has 1 fully saturated rings. The quantitative estimate of drug-likeness (QED) is 0.250. The molecule has 0 radical (unpaired) electrons. The molecule has 3 rings (SSSR count). The number of ether oxygens (including phenoxy) is 4. The van der Waals surface area contributed by atoms with Gasteiger partial charge in [-0.3, -0.25) is 4.79 Å². The molecule has 0 spiro atoms. The molecular formula is C28H36O7. The minimum atomic E-state index is -1.27. The number of aliphatic hydroxyl groups is 1. The number of benzene rings is 2. The van der Waals surface area contributed by atoms with Crippen molar-refractivity contribution in [3.8, 4) is 11.5 Å². The molecule has 0 aliphatic carbocycles. The second-order valence-electron chi connectivity index (χ2n) is 8.83. The Morgan fingerprint density at radius 2 is 1.86 bits per heavy atom. The predicted octanol–water partition coefficient (Wildman–Crippen LogP) is 5.23. The molecule has 1 aliphatic rings. The number of esters is 2. The minimum Gasteiger partial charge on any atom is -0.494 e. The third-order valence-corrected chi connectivity index (χ3v) is 5.86. The Balaban J connectivity index is 1.49. The van der Waals surface area contributed by atoms with E-state index in [-0.39, 0.29) is 42.1 Å². The molecule has 7 nitrogen and oxygen atoms in total. The molecule has 2 aromatic carbocycles. The van der Waals surface area contributed by atoms with Gasteiger partial charge in [-0.05, 0) is 61.2 Å². The van der Waals surface area contributed by atoms with Crippen molar-refractivity contribution in [1.29, 1.82) is 0 Å². The summed E-state index contributed by atoms with van der Waals surface area (Å²) in [6.45, 7) is 4.08. The number of carbonyl (C=O) groups is 2. The zero-order valence-electron chi connectivity index (χ0n) is 22.5. The second-order valence-corrected chi connectivity index (χ2v) is 8.83. The molecule has 35 heavy (non-hydrogen) atoms. The molecule has 7 heteroatoms. The van der Waals surface area contributed by atoms with E-state index >= 15 is 0 Å². The van der Waals surface area contributed by atoms with Crippen molar-refractivity contribution in [3.05, 3.63) is 59.6 Å². The van der Waals surface area contributed by atoms with Gasteiger partial charge in [-0.15, -0.1) is 0 Å². The van der Waals surface area contributed by atoms with E-state index in [1.54, 1.807) is 24.3 Å². The average molecular weight is 487 g/mol. The number of hydrogen-bond donors (Lipinski definition) is 1. The van der Waals surface area contributed by atoms with Gasteiger partial charge in [-0.1, -0.05) is 38.3 Å². The molecule has 2 aromatic rings. The van der Waals surface area contributed by atoms with Gasteiger partial charge in [-0.2, -0.15) is 0 Å². The Labute approximate surface area is 210 Å². The normalized spacial score (nSPS) is 20.5. The van der Waals surface area contributed by atoms with E-state index in [1.165, 1.54) is 19.1 Å². The molecule has 0 aromatic heterocycles. The highest BCUT2D eigenvalue weighted by Gasteiger charge is 2.35. The van der Waals surface area contributed by atoms with Crippen LogP contribution in [0.1, 0.15) is 77.5 Å². The molecule has 0 bridgehead atoms. The van der Waals surface area contributed by atoms with Crippen LogP contribution in [0.4, 0.5) is 0 Å². The van der Waals surface area contributed by atoms with Crippen LogP contribution in [-0.4, -0.2) is 42.1 Å². The zero-order chi connectivity index (χ0) is 26.8. The highest BCUT2D eigenvalue weighted by Crippen LogP contribution is 2.29. The van der Waals surface area contributed by atoms with E-state index in [0.29, 0.717) is 38.0 Å². The van der Waals surface area contributed by atoms with Crippen LogP contribution in [-0.2, 0) is 20.7 Å². The molecular weight excluding hydrogens is 448 g/mol. The molecule has 190 valence electrons. The summed E-state index contributed by atoms with van der Waals surface area (Å²) in [5.41, 5.74) is 1.04. The average Bonchev–Trinajstić information content (AvgIpc) is 2.86. The molecule has 0 saturated carbocycles. The monoisotopic (exact) mass is 486 g/mol. The third kappa shape index (κ3) is 9.00. The predicted molar refractivity (Wildman–Crippen MR) is 131 cm³/mol. The minimum absolute atomic E-state index is 0.0210. The van der Waals surface area contributed by atoms with Crippen LogP contribution in [0.25, 0.3) is 0 Å². The van der Waals surface area contributed by atoms with Crippen LogP contribution in [0.3, 0.4) is 0 Å². The van der Waals surface area contributed by atoms with Gasteiger partial charge < -0.3 is 24.1 Å². The Morgan fingerprint density at radius 1 is 1.11 bits per heavy atom. The molecule has 0 unspecified atom stereocenters. The molecule has 1 aliphatic heterocycles. The fourth-order valence-electron chi connectivity index (χ4n) is 3.82. The first kappa shape index (κ1) is 23.8. The van der Waals surface area contributed by atoms with Crippen molar-refractivity contribution in [1.82, 2.24) is 0 Å². The van der Waals surface area contributed by atoms with Gasteiger partial charge in [0.15, 0.2) is 5.79 Å². The maximum absolute atomic E-state index is 12.6. The van der Waals surface area contributed by atoms with Crippen LogP contribution < -0.4 is 9.47 Å². The van der Waals surface area contributed by atoms with Crippen LogP contribution in [0, 0.1) is 0 Å². The topological polar surface area (TPSA) is 91.3 Å². The largest absolute Gasteiger partial charge is 0.494 e. The van der Waals surface area contributed by atoms with Crippen molar-refractivity contribution in [2.75, 3.05) is 13.2 Å². The fourth-order valence-corrected chi connectivity index (χ4v) is 3.82. The zero-order valence-corrected chi connectivity index (χ0v) is 20.5. The summed E-state index contributed by atoms with van der Waals surface area (Å²) in [5.74, 6) is -1.78. The van der Waals surface area contributed by atoms with E-state index in [9.17, 15) is 14.7 Å². The number of unbranched alkanes of at least 4 members (excludes halogenated alkanes) is 3. The molecule has 1 heterocycles. The van der Waals surface area contributed by atoms with E-state index < -0.39 is 11.8 Å². The van der Waals surface area contributed by atoms with Crippen molar-refractivity contribution < 1.29 is 36.4 Å². The lowest BCUT2D eigenvalue weighted by molar-refractivity contribution is -0.250. The molecule has 1 N–H and O–H groups in total. The maximum atomic E-state index is 12.6. The smallest absolute Gasteiger partial charge is 0.343 e. The molecule has 1 saturated heterocycles. The lowest BCUT2D eigenvalue weighted by Crippen LogP contribution is -2.42. The fraction of sp³-hybridized carbons (Fsp3) is 0.500. The Kier molecular flexibility index (Phi) is 9.02. The van der Waals surface area contributed by atoms with Gasteiger partial charge in [0.25, 0.3) is 0 Å². The summed E-state index contributed by atoms with van der Waals surface area (Å²) < 4.78 is 38.0. The van der Waals surface area contributed by atoms with Crippen LogP contribution in [0.2, 0.25) is 0 Å². The lowest BCUT2D eigenvalue weighted by atomic mass is 9.97. The highest BCUT2D eigenvalue weighted by molar-refractivity contribution is 5.91. The first-order valence-corrected chi connectivity index (χ1v) is 12.3. The van der Waals surface area contributed by atoms with E-state index in [4.69, 9.17) is 21.7 Å². The van der Waals surface area contributed by atoms with Crippen LogP contribution in [0.15, 0.2) is 48.5 Å². The molecule has 2 atom stereocenters. The lowest BCUT2D eigenvalue weighted by Gasteiger charge is -2.35. The highest BCUT2D eigenvalue weighted by atomic mass is 16.6. The Morgan fingerprint density at radius 3 is 2.49 bits per heavy atom. The van der Waals surface area contributed by atoms with Gasteiger partial charge >= 0.3 is 11.9 Å². The van der Waals surface area contributed by atoms with Gasteiger partial charge in [-0.25, -0.2) is 4.79 Å². The summed E-state index contributed by atoms with van der Waals surface area (Å²) in [7, 11) is 0.